The summed E-state index contributed by atoms with van der Waals surface area (Å²) in [5, 5.41) is 2.91. The van der Waals surface area contributed by atoms with Crippen molar-refractivity contribution in [2.75, 3.05) is 11.6 Å². The SMILES string of the molecule is Cc1c(C(=O)Nc2ccc(S(C)=O)cc2)cc(I)n1-c1ccccc1Br. The summed E-state index contributed by atoms with van der Waals surface area (Å²) in [6, 6.07) is 16.8. The summed E-state index contributed by atoms with van der Waals surface area (Å²) in [6.07, 6.45) is 1.63. The largest absolute Gasteiger partial charge is 0.322 e. The van der Waals surface area contributed by atoms with Gasteiger partial charge in [0.1, 0.15) is 0 Å². The van der Waals surface area contributed by atoms with Gasteiger partial charge in [-0.05, 0) is 87.9 Å². The smallest absolute Gasteiger partial charge is 0.257 e. The lowest BCUT2D eigenvalue weighted by atomic mass is 10.2. The molecule has 1 heterocycles. The van der Waals surface area contributed by atoms with Gasteiger partial charge in [-0.3, -0.25) is 9.00 Å². The third kappa shape index (κ3) is 3.94. The van der Waals surface area contributed by atoms with Crippen LogP contribution in [0.3, 0.4) is 0 Å². The zero-order chi connectivity index (χ0) is 18.8. The van der Waals surface area contributed by atoms with E-state index in [1.807, 2.05) is 41.8 Å². The van der Waals surface area contributed by atoms with E-state index in [1.165, 1.54) is 0 Å². The fourth-order valence-corrected chi connectivity index (χ4v) is 4.57. The van der Waals surface area contributed by atoms with Crippen LogP contribution in [0.5, 0.6) is 0 Å². The molecular weight excluding hydrogens is 527 g/mol. The van der Waals surface area contributed by atoms with Gasteiger partial charge in [0.15, 0.2) is 0 Å². The Kier molecular flexibility index (Phi) is 5.99. The summed E-state index contributed by atoms with van der Waals surface area (Å²) in [4.78, 5) is 13.5. The minimum absolute atomic E-state index is 0.170. The Labute approximate surface area is 176 Å². The quantitative estimate of drug-likeness (QED) is 0.464. The molecule has 2 aromatic carbocycles. The molecule has 0 aliphatic rings. The Balaban J connectivity index is 1.90. The first-order valence-electron chi connectivity index (χ1n) is 7.76. The van der Waals surface area contributed by atoms with Crippen molar-refractivity contribution in [3.63, 3.8) is 0 Å². The highest BCUT2D eigenvalue weighted by Crippen LogP contribution is 2.28. The van der Waals surface area contributed by atoms with E-state index >= 15 is 0 Å². The number of nitrogens with one attached hydrogen (secondary N) is 1. The molecule has 4 nitrogen and oxygen atoms in total. The first-order chi connectivity index (χ1) is 12.4. The molecule has 0 fully saturated rings. The summed E-state index contributed by atoms with van der Waals surface area (Å²) >= 11 is 5.80. The van der Waals surface area contributed by atoms with Crippen LogP contribution in [0.25, 0.3) is 5.69 Å². The lowest BCUT2D eigenvalue weighted by Crippen LogP contribution is -2.13. The van der Waals surface area contributed by atoms with Crippen molar-refractivity contribution in [2.24, 2.45) is 0 Å². The lowest BCUT2D eigenvalue weighted by Gasteiger charge is -2.11. The Bertz CT molecular complexity index is 999. The molecule has 134 valence electrons. The molecule has 0 saturated heterocycles. The average Bonchev–Trinajstić information content (AvgIpc) is 2.90. The van der Waals surface area contributed by atoms with Gasteiger partial charge in [-0.2, -0.15) is 0 Å². The molecule has 3 rings (SSSR count). The first kappa shape index (κ1) is 19.3. The van der Waals surface area contributed by atoms with E-state index in [-0.39, 0.29) is 5.91 Å². The van der Waals surface area contributed by atoms with E-state index in [9.17, 15) is 9.00 Å². The zero-order valence-corrected chi connectivity index (χ0v) is 18.7. The van der Waals surface area contributed by atoms with Gasteiger partial charge in [0.2, 0.25) is 0 Å². The maximum atomic E-state index is 12.7. The fourth-order valence-electron chi connectivity index (χ4n) is 2.66. The molecule has 1 atom stereocenters. The number of rotatable bonds is 4. The van der Waals surface area contributed by atoms with E-state index in [4.69, 9.17) is 0 Å². The summed E-state index contributed by atoms with van der Waals surface area (Å²) in [5.74, 6) is -0.170. The number of halogens is 2. The van der Waals surface area contributed by atoms with Gasteiger partial charge in [-0.15, -0.1) is 0 Å². The predicted molar refractivity (Wildman–Crippen MR) is 118 cm³/mol. The van der Waals surface area contributed by atoms with Crippen LogP contribution in [0.15, 0.2) is 64.0 Å². The maximum absolute atomic E-state index is 12.7. The van der Waals surface area contributed by atoms with Crippen molar-refractivity contribution in [1.29, 1.82) is 0 Å². The first-order valence-corrected chi connectivity index (χ1v) is 11.2. The molecule has 0 bridgehead atoms. The molecule has 0 aliphatic heterocycles. The molecule has 26 heavy (non-hydrogen) atoms. The van der Waals surface area contributed by atoms with Crippen molar-refractivity contribution < 1.29 is 9.00 Å². The van der Waals surface area contributed by atoms with E-state index in [2.05, 4.69) is 43.8 Å². The molecule has 0 aliphatic carbocycles. The highest BCUT2D eigenvalue weighted by molar-refractivity contribution is 14.1. The maximum Gasteiger partial charge on any atom is 0.257 e. The molecule has 1 unspecified atom stereocenters. The molecule has 3 aromatic rings. The van der Waals surface area contributed by atoms with Gasteiger partial charge >= 0.3 is 0 Å². The fraction of sp³-hybridized carbons (Fsp3) is 0.105. The molecule has 0 radical (unpaired) electrons. The van der Waals surface area contributed by atoms with Gasteiger partial charge < -0.3 is 9.88 Å². The second-order valence-corrected chi connectivity index (χ2v) is 9.02. The van der Waals surface area contributed by atoms with Crippen LogP contribution in [0.4, 0.5) is 5.69 Å². The van der Waals surface area contributed by atoms with Crippen LogP contribution < -0.4 is 5.32 Å². The number of hydrogen-bond donors (Lipinski definition) is 1. The summed E-state index contributed by atoms with van der Waals surface area (Å²) < 4.78 is 15.4. The monoisotopic (exact) mass is 542 g/mol. The Morgan fingerprint density at radius 3 is 2.42 bits per heavy atom. The number of para-hydroxylation sites is 1. The van der Waals surface area contributed by atoms with Crippen LogP contribution in [0, 0.1) is 10.6 Å². The van der Waals surface area contributed by atoms with Crippen LogP contribution in [-0.4, -0.2) is 20.9 Å². The van der Waals surface area contributed by atoms with Gasteiger partial charge in [0.05, 0.1) is 15.0 Å². The van der Waals surface area contributed by atoms with Crippen molar-refractivity contribution in [3.05, 3.63) is 74.0 Å². The molecule has 0 spiro atoms. The van der Waals surface area contributed by atoms with Crippen molar-refractivity contribution in [3.8, 4) is 5.69 Å². The van der Waals surface area contributed by atoms with Crippen molar-refractivity contribution in [1.82, 2.24) is 4.57 Å². The number of benzene rings is 2. The molecule has 1 amide bonds. The second kappa shape index (κ2) is 8.06. The summed E-state index contributed by atoms with van der Waals surface area (Å²) in [6.45, 7) is 1.93. The number of carbonyl (C=O) groups is 1. The Hall–Kier alpha value is -1.45. The zero-order valence-electron chi connectivity index (χ0n) is 14.1. The normalized spacial score (nSPS) is 12.0. The van der Waals surface area contributed by atoms with E-state index in [0.29, 0.717) is 11.3 Å². The van der Waals surface area contributed by atoms with Gasteiger partial charge in [-0.25, -0.2) is 0 Å². The van der Waals surface area contributed by atoms with E-state index < -0.39 is 10.8 Å². The van der Waals surface area contributed by atoms with Crippen molar-refractivity contribution >= 4 is 60.9 Å². The van der Waals surface area contributed by atoms with Gasteiger partial charge in [-0.1, -0.05) is 12.1 Å². The predicted octanol–water partition coefficient (Wildman–Crippen LogP) is 5.14. The number of aromatic nitrogens is 1. The second-order valence-electron chi connectivity index (χ2n) is 5.69. The Morgan fingerprint density at radius 1 is 1.15 bits per heavy atom. The van der Waals surface area contributed by atoms with Crippen LogP contribution in [0.2, 0.25) is 0 Å². The topological polar surface area (TPSA) is 51.1 Å². The van der Waals surface area contributed by atoms with Crippen LogP contribution >= 0.6 is 38.5 Å². The van der Waals surface area contributed by atoms with Gasteiger partial charge in [0, 0.05) is 37.8 Å². The Morgan fingerprint density at radius 2 is 1.81 bits per heavy atom. The summed E-state index contributed by atoms with van der Waals surface area (Å²) in [7, 11) is -1.03. The summed E-state index contributed by atoms with van der Waals surface area (Å²) in [5.41, 5.74) is 3.15. The van der Waals surface area contributed by atoms with E-state index in [1.54, 1.807) is 30.5 Å². The third-order valence-electron chi connectivity index (χ3n) is 3.98. The third-order valence-corrected chi connectivity index (χ3v) is 6.38. The van der Waals surface area contributed by atoms with Crippen LogP contribution in [-0.2, 0) is 10.8 Å². The average molecular weight is 543 g/mol. The molecular formula is C19H16BrIN2O2S. The minimum atomic E-state index is -1.03. The number of anilines is 1. The van der Waals surface area contributed by atoms with Crippen molar-refractivity contribution in [2.45, 2.75) is 11.8 Å². The number of amides is 1. The van der Waals surface area contributed by atoms with Crippen LogP contribution in [0.1, 0.15) is 16.1 Å². The standard InChI is InChI=1S/C19H16BrIN2O2S/c1-12-15(11-18(21)23(12)17-6-4-3-5-16(17)20)19(24)22-13-7-9-14(10-8-13)26(2)25/h3-11H,1-2H3,(H,22,24). The lowest BCUT2D eigenvalue weighted by molar-refractivity contribution is 0.102. The molecule has 1 aromatic heterocycles. The number of nitrogens with zero attached hydrogens (tertiary/aromatic N) is 1. The number of hydrogen-bond acceptors (Lipinski definition) is 2. The molecule has 7 heteroatoms. The van der Waals surface area contributed by atoms with Gasteiger partial charge in [0.25, 0.3) is 5.91 Å². The highest BCUT2D eigenvalue weighted by atomic mass is 127. The van der Waals surface area contributed by atoms with E-state index in [0.717, 1.165) is 24.5 Å². The highest BCUT2D eigenvalue weighted by Gasteiger charge is 2.18. The minimum Gasteiger partial charge on any atom is -0.322 e. The molecule has 1 N–H and O–H groups in total. The molecule has 0 saturated carbocycles. The number of carbonyl (C=O) groups excluding carboxylic acids is 1.